The van der Waals surface area contributed by atoms with Gasteiger partial charge in [0.1, 0.15) is 4.88 Å². The molecule has 22 heavy (non-hydrogen) atoms. The number of aryl methyl sites for hydroxylation is 1. The predicted molar refractivity (Wildman–Crippen MR) is 89.8 cm³/mol. The van der Waals surface area contributed by atoms with E-state index in [1.165, 1.54) is 11.3 Å². The van der Waals surface area contributed by atoms with E-state index in [1.807, 2.05) is 38.2 Å². The van der Waals surface area contributed by atoms with Gasteiger partial charge in [-0.05, 0) is 13.0 Å². The van der Waals surface area contributed by atoms with Gasteiger partial charge in [-0.1, -0.05) is 29.8 Å². The number of fused-ring (bicyclic) bond motifs is 1. The van der Waals surface area contributed by atoms with Crippen LogP contribution >= 0.6 is 22.9 Å². The van der Waals surface area contributed by atoms with Crippen LogP contribution < -0.4 is 5.43 Å². The van der Waals surface area contributed by atoms with Crippen molar-refractivity contribution in [1.29, 1.82) is 0 Å². The molecule has 1 N–H and O–H groups in total. The zero-order valence-electron chi connectivity index (χ0n) is 12.0. The Labute approximate surface area is 136 Å². The first kappa shape index (κ1) is 14.7. The van der Waals surface area contributed by atoms with Crippen molar-refractivity contribution in [3.63, 3.8) is 0 Å². The minimum atomic E-state index is -0.316. The van der Waals surface area contributed by atoms with E-state index in [4.69, 9.17) is 11.6 Å². The lowest BCUT2D eigenvalue weighted by molar-refractivity contribution is 0.0959. The van der Waals surface area contributed by atoms with Crippen molar-refractivity contribution in [1.82, 2.24) is 15.2 Å². The summed E-state index contributed by atoms with van der Waals surface area (Å²) >= 11 is 7.61. The van der Waals surface area contributed by atoms with Gasteiger partial charge in [0.15, 0.2) is 0 Å². The van der Waals surface area contributed by atoms with Crippen LogP contribution in [-0.2, 0) is 7.05 Å². The molecule has 1 aromatic carbocycles. The highest BCUT2D eigenvalue weighted by atomic mass is 35.5. The average molecular weight is 333 g/mol. The number of aromatic nitrogens is 2. The quantitative estimate of drug-likeness (QED) is 0.590. The largest absolute Gasteiger partial charge is 0.283 e. The van der Waals surface area contributed by atoms with E-state index < -0.39 is 0 Å². The Morgan fingerprint density at radius 3 is 2.91 bits per heavy atom. The van der Waals surface area contributed by atoms with E-state index in [0.717, 1.165) is 21.3 Å². The third kappa shape index (κ3) is 2.63. The molecule has 2 aromatic heterocycles. The Balaban J connectivity index is 1.79. The predicted octanol–water partition coefficient (Wildman–Crippen LogP) is 3.36. The Bertz CT molecular complexity index is 881. The number of nitrogens with zero attached hydrogens (tertiary/aromatic N) is 3. The first-order valence-electron chi connectivity index (χ1n) is 6.57. The summed E-state index contributed by atoms with van der Waals surface area (Å²) in [6.45, 7) is 1.93. The summed E-state index contributed by atoms with van der Waals surface area (Å²) in [6, 6.07) is 7.64. The van der Waals surface area contributed by atoms with Crippen LogP contribution in [0.4, 0.5) is 0 Å². The SMILES string of the molecule is Cc1c(/C=N\NC(=O)c2sc3ccccc3c2Cl)cnn1C. The molecule has 2 heterocycles. The van der Waals surface area contributed by atoms with Crippen LogP contribution in [0.15, 0.2) is 35.6 Å². The highest BCUT2D eigenvalue weighted by molar-refractivity contribution is 7.21. The number of amides is 1. The minimum absolute atomic E-state index is 0.316. The zero-order valence-corrected chi connectivity index (χ0v) is 13.6. The third-order valence-corrected chi connectivity index (χ3v) is 5.06. The highest BCUT2D eigenvalue weighted by Crippen LogP contribution is 2.34. The number of carbonyl (C=O) groups excluding carboxylic acids is 1. The molecule has 5 nitrogen and oxygen atoms in total. The number of halogens is 1. The van der Waals surface area contributed by atoms with Gasteiger partial charge in [0.2, 0.25) is 0 Å². The summed E-state index contributed by atoms with van der Waals surface area (Å²) in [5, 5.41) is 9.43. The van der Waals surface area contributed by atoms with Crippen LogP contribution in [0.25, 0.3) is 10.1 Å². The summed E-state index contributed by atoms with van der Waals surface area (Å²) in [7, 11) is 1.85. The van der Waals surface area contributed by atoms with Crippen molar-refractivity contribution in [2.45, 2.75) is 6.92 Å². The Morgan fingerprint density at radius 2 is 2.23 bits per heavy atom. The molecule has 0 aliphatic carbocycles. The fourth-order valence-electron chi connectivity index (χ4n) is 2.01. The number of hydrazone groups is 1. The number of benzene rings is 1. The molecule has 1 amide bonds. The lowest BCUT2D eigenvalue weighted by Crippen LogP contribution is -2.16. The summed E-state index contributed by atoms with van der Waals surface area (Å²) in [6.07, 6.45) is 3.26. The molecule has 0 saturated carbocycles. The second-order valence-corrected chi connectivity index (χ2v) is 6.18. The summed E-state index contributed by atoms with van der Waals surface area (Å²) in [5.74, 6) is -0.316. The molecule has 0 atom stereocenters. The maximum absolute atomic E-state index is 12.2. The summed E-state index contributed by atoms with van der Waals surface area (Å²) < 4.78 is 2.72. The number of hydrogen-bond donors (Lipinski definition) is 1. The number of nitrogens with one attached hydrogen (secondary N) is 1. The highest BCUT2D eigenvalue weighted by Gasteiger charge is 2.16. The summed E-state index contributed by atoms with van der Waals surface area (Å²) in [4.78, 5) is 12.7. The lowest BCUT2D eigenvalue weighted by Gasteiger charge is -1.97. The maximum Gasteiger partial charge on any atom is 0.283 e. The van der Waals surface area contributed by atoms with Crippen LogP contribution in [-0.4, -0.2) is 21.9 Å². The van der Waals surface area contributed by atoms with Crippen LogP contribution in [0.5, 0.6) is 0 Å². The van der Waals surface area contributed by atoms with Gasteiger partial charge in [-0.3, -0.25) is 9.48 Å². The van der Waals surface area contributed by atoms with Crippen LogP contribution in [0, 0.1) is 6.92 Å². The van der Waals surface area contributed by atoms with Crippen molar-refractivity contribution in [3.8, 4) is 0 Å². The van der Waals surface area contributed by atoms with Crippen molar-refractivity contribution < 1.29 is 4.79 Å². The Hall–Kier alpha value is -2.18. The zero-order chi connectivity index (χ0) is 15.7. The third-order valence-electron chi connectivity index (χ3n) is 3.38. The second-order valence-electron chi connectivity index (χ2n) is 4.75. The van der Waals surface area contributed by atoms with Gasteiger partial charge >= 0.3 is 0 Å². The number of rotatable bonds is 3. The van der Waals surface area contributed by atoms with Gasteiger partial charge in [-0.15, -0.1) is 11.3 Å². The number of thiophene rings is 1. The van der Waals surface area contributed by atoms with E-state index in [0.29, 0.717) is 9.90 Å². The standard InChI is InChI=1S/C15H13ClN4OS/c1-9-10(8-18-20(9)2)7-17-19-15(21)14-13(16)11-5-3-4-6-12(11)22-14/h3-8H,1-2H3,(H,19,21)/b17-7-. The molecular weight excluding hydrogens is 320 g/mol. The Morgan fingerprint density at radius 1 is 1.45 bits per heavy atom. The van der Waals surface area contributed by atoms with Crippen molar-refractivity contribution >= 4 is 45.1 Å². The minimum Gasteiger partial charge on any atom is -0.272 e. The van der Waals surface area contributed by atoms with Crippen molar-refractivity contribution in [2.24, 2.45) is 12.1 Å². The molecule has 0 bridgehead atoms. The molecule has 3 aromatic rings. The number of hydrogen-bond acceptors (Lipinski definition) is 4. The first-order chi connectivity index (χ1) is 10.6. The maximum atomic E-state index is 12.2. The Kier molecular flexibility index (Phi) is 3.96. The number of carbonyl (C=O) groups is 1. The normalized spacial score (nSPS) is 11.4. The van der Waals surface area contributed by atoms with E-state index >= 15 is 0 Å². The molecule has 112 valence electrons. The first-order valence-corrected chi connectivity index (χ1v) is 7.76. The molecule has 0 spiro atoms. The van der Waals surface area contributed by atoms with Gasteiger partial charge < -0.3 is 0 Å². The monoisotopic (exact) mass is 332 g/mol. The molecule has 7 heteroatoms. The summed E-state index contributed by atoms with van der Waals surface area (Å²) in [5.41, 5.74) is 4.33. The van der Waals surface area contributed by atoms with Gasteiger partial charge in [0.05, 0.1) is 17.4 Å². The molecular formula is C15H13ClN4OS. The molecule has 0 fully saturated rings. The molecule has 0 unspecified atom stereocenters. The van der Waals surface area contributed by atoms with Gasteiger partial charge in [-0.25, -0.2) is 5.43 Å². The second kappa shape index (κ2) is 5.90. The fourth-order valence-corrected chi connectivity index (χ4v) is 3.42. The van der Waals surface area contributed by atoms with E-state index in [9.17, 15) is 4.79 Å². The van der Waals surface area contributed by atoms with E-state index in [2.05, 4.69) is 15.6 Å². The van der Waals surface area contributed by atoms with Crippen molar-refractivity contribution in [3.05, 3.63) is 51.6 Å². The topological polar surface area (TPSA) is 59.3 Å². The van der Waals surface area contributed by atoms with Crippen molar-refractivity contribution in [2.75, 3.05) is 0 Å². The lowest BCUT2D eigenvalue weighted by atomic mass is 10.2. The van der Waals surface area contributed by atoms with Crippen LogP contribution in [0.1, 0.15) is 20.9 Å². The van der Waals surface area contributed by atoms with Gasteiger partial charge in [0.25, 0.3) is 5.91 Å². The molecule has 3 rings (SSSR count). The molecule has 0 aliphatic heterocycles. The average Bonchev–Trinajstić information content (AvgIpc) is 3.02. The smallest absolute Gasteiger partial charge is 0.272 e. The molecule has 0 radical (unpaired) electrons. The van der Waals surface area contributed by atoms with Crippen LogP contribution in [0.3, 0.4) is 0 Å². The van der Waals surface area contributed by atoms with E-state index in [1.54, 1.807) is 17.1 Å². The van der Waals surface area contributed by atoms with Gasteiger partial charge in [-0.2, -0.15) is 10.2 Å². The van der Waals surface area contributed by atoms with Gasteiger partial charge in [0, 0.05) is 28.4 Å². The molecule has 0 saturated heterocycles. The van der Waals surface area contributed by atoms with Crippen LogP contribution in [0.2, 0.25) is 5.02 Å². The fraction of sp³-hybridized carbons (Fsp3) is 0.133. The van der Waals surface area contributed by atoms with E-state index in [-0.39, 0.29) is 5.91 Å². The molecule has 0 aliphatic rings.